The van der Waals surface area contributed by atoms with Crippen LogP contribution in [0.5, 0.6) is 11.5 Å². The zero-order chi connectivity index (χ0) is 27.0. The van der Waals surface area contributed by atoms with Crippen LogP contribution in [0.25, 0.3) is 16.6 Å². The number of rotatable bonds is 6. The number of hydrogen-bond donors (Lipinski definition) is 1. The summed E-state index contributed by atoms with van der Waals surface area (Å²) in [4.78, 5) is 12.9. The monoisotopic (exact) mass is 523 g/mol. The summed E-state index contributed by atoms with van der Waals surface area (Å²) in [5, 5.41) is 6.76. The number of carbonyl (C=O) groups is 1. The van der Waals surface area contributed by atoms with Crippen molar-refractivity contribution in [1.29, 1.82) is 0 Å². The van der Waals surface area contributed by atoms with Gasteiger partial charge in [-0.3, -0.25) is 4.79 Å². The summed E-state index contributed by atoms with van der Waals surface area (Å²) in [6.07, 6.45) is -8.03. The quantitative estimate of drug-likeness (QED) is 0.307. The van der Waals surface area contributed by atoms with Gasteiger partial charge in [-0.25, -0.2) is 4.52 Å². The maximum atomic E-state index is 13.9. The highest BCUT2D eigenvalue weighted by Crippen LogP contribution is 2.36. The number of nitrogens with one attached hydrogen (secondary N) is 1. The molecular weight excluding hydrogens is 504 g/mol. The molecule has 0 aliphatic carbocycles. The molecule has 12 heteroatoms. The van der Waals surface area contributed by atoms with E-state index in [-0.39, 0.29) is 22.3 Å². The first-order chi connectivity index (χ1) is 17.4. The molecule has 2 aromatic carbocycles. The maximum Gasteiger partial charge on any atom is 0.573 e. The highest BCUT2D eigenvalue weighted by molar-refractivity contribution is 6.02. The van der Waals surface area contributed by atoms with Crippen LogP contribution in [0.2, 0.25) is 0 Å². The van der Waals surface area contributed by atoms with Crippen LogP contribution >= 0.6 is 0 Å². The fourth-order valence-corrected chi connectivity index (χ4v) is 3.84. The summed E-state index contributed by atoms with van der Waals surface area (Å²) in [6.45, 7) is 1.18. The number of halogens is 6. The Hall–Kier alpha value is -4.22. The van der Waals surface area contributed by atoms with E-state index in [2.05, 4.69) is 15.2 Å². The van der Waals surface area contributed by atoms with Crippen molar-refractivity contribution in [3.63, 3.8) is 0 Å². The average Bonchev–Trinajstić information content (AvgIpc) is 3.16. The first kappa shape index (κ1) is 25.9. The van der Waals surface area contributed by atoms with Gasteiger partial charge in [0.25, 0.3) is 5.91 Å². The van der Waals surface area contributed by atoms with Gasteiger partial charge < -0.3 is 14.8 Å². The van der Waals surface area contributed by atoms with E-state index in [1.807, 2.05) is 0 Å². The fourth-order valence-electron chi connectivity index (χ4n) is 3.84. The lowest BCUT2D eigenvalue weighted by molar-refractivity contribution is -0.274. The molecule has 0 atom stereocenters. The Labute approximate surface area is 206 Å². The number of methoxy groups -OCH3 is 1. The van der Waals surface area contributed by atoms with E-state index in [1.165, 1.54) is 35.9 Å². The highest BCUT2D eigenvalue weighted by atomic mass is 19.4. The Morgan fingerprint density at radius 3 is 2.24 bits per heavy atom. The summed E-state index contributed by atoms with van der Waals surface area (Å²) >= 11 is 0. The summed E-state index contributed by atoms with van der Waals surface area (Å²) in [6, 6.07) is 11.2. The Balaban J connectivity index is 1.59. The number of fused-ring (bicyclic) bond motifs is 1. The minimum atomic E-state index is -4.88. The Kier molecular flexibility index (Phi) is 6.76. The van der Waals surface area contributed by atoms with Crippen molar-refractivity contribution in [2.24, 2.45) is 0 Å². The standard InChI is InChI=1S/C25H19F6N3O3/c1-14-22(21-12-19(36-2)9-10-34(21)33-14)23(35)32-13-17-4-3-16(11-20(17)24(26,27)28)15-5-7-18(8-6-15)37-25(29,30)31/h3-12H,13H2,1-2H3,(H,32,35). The lowest BCUT2D eigenvalue weighted by Gasteiger charge is -2.16. The average molecular weight is 523 g/mol. The molecule has 0 bridgehead atoms. The second-order valence-corrected chi connectivity index (χ2v) is 7.98. The molecule has 6 nitrogen and oxygen atoms in total. The van der Waals surface area contributed by atoms with Crippen LogP contribution < -0.4 is 14.8 Å². The summed E-state index contributed by atoms with van der Waals surface area (Å²) in [7, 11) is 1.46. The van der Waals surface area contributed by atoms with Gasteiger partial charge >= 0.3 is 12.5 Å². The first-order valence-electron chi connectivity index (χ1n) is 10.7. The number of ether oxygens (including phenoxy) is 2. The lowest BCUT2D eigenvalue weighted by Crippen LogP contribution is -2.25. The minimum absolute atomic E-state index is 0.131. The van der Waals surface area contributed by atoms with Gasteiger partial charge in [-0.1, -0.05) is 24.3 Å². The Bertz CT molecular complexity index is 1440. The third kappa shape index (κ3) is 5.79. The molecule has 1 amide bonds. The van der Waals surface area contributed by atoms with E-state index in [0.717, 1.165) is 18.2 Å². The molecule has 0 radical (unpaired) electrons. The van der Waals surface area contributed by atoms with Gasteiger partial charge in [0, 0.05) is 18.8 Å². The van der Waals surface area contributed by atoms with Gasteiger partial charge in [-0.15, -0.1) is 13.2 Å². The Morgan fingerprint density at radius 1 is 0.946 bits per heavy atom. The molecule has 0 saturated heterocycles. The zero-order valence-electron chi connectivity index (χ0n) is 19.4. The molecule has 1 N–H and O–H groups in total. The molecule has 0 aliphatic rings. The number of aromatic nitrogens is 2. The molecule has 0 unspecified atom stereocenters. The highest BCUT2D eigenvalue weighted by Gasteiger charge is 2.34. The predicted octanol–water partition coefficient (Wildman–Crippen LogP) is 6.17. The summed E-state index contributed by atoms with van der Waals surface area (Å²) in [5.74, 6) is -0.625. The van der Waals surface area contributed by atoms with Crippen molar-refractivity contribution in [2.45, 2.75) is 26.0 Å². The van der Waals surface area contributed by atoms with E-state index >= 15 is 0 Å². The number of hydrogen-bond acceptors (Lipinski definition) is 4. The normalized spacial score (nSPS) is 12.0. The number of alkyl halides is 6. The van der Waals surface area contributed by atoms with E-state index in [1.54, 1.807) is 25.3 Å². The van der Waals surface area contributed by atoms with Crippen molar-refractivity contribution in [1.82, 2.24) is 14.9 Å². The number of benzene rings is 2. The second kappa shape index (κ2) is 9.68. The largest absolute Gasteiger partial charge is 0.573 e. The van der Waals surface area contributed by atoms with Gasteiger partial charge in [-0.2, -0.15) is 18.3 Å². The molecule has 4 rings (SSSR count). The molecule has 0 fully saturated rings. The van der Waals surface area contributed by atoms with Crippen LogP contribution in [-0.4, -0.2) is 29.0 Å². The molecule has 2 heterocycles. The van der Waals surface area contributed by atoms with Crippen LogP contribution in [0, 0.1) is 6.92 Å². The number of nitrogens with zero attached hydrogens (tertiary/aromatic N) is 2. The van der Waals surface area contributed by atoms with Crippen molar-refractivity contribution < 1.29 is 40.6 Å². The lowest BCUT2D eigenvalue weighted by atomic mass is 9.98. The van der Waals surface area contributed by atoms with Crippen LogP contribution in [0.4, 0.5) is 26.3 Å². The predicted molar refractivity (Wildman–Crippen MR) is 121 cm³/mol. The molecule has 2 aromatic heterocycles. The van der Waals surface area contributed by atoms with Gasteiger partial charge in [-0.05, 0) is 47.9 Å². The van der Waals surface area contributed by atoms with Crippen LogP contribution in [0.15, 0.2) is 60.8 Å². The number of aryl methyl sites for hydroxylation is 1. The molecule has 0 aliphatic heterocycles. The van der Waals surface area contributed by atoms with Gasteiger partial charge in [0.05, 0.1) is 29.4 Å². The smallest absolute Gasteiger partial charge is 0.497 e. The van der Waals surface area contributed by atoms with E-state index in [0.29, 0.717) is 17.0 Å². The van der Waals surface area contributed by atoms with Crippen LogP contribution in [0.3, 0.4) is 0 Å². The zero-order valence-corrected chi connectivity index (χ0v) is 19.4. The number of amides is 1. The number of carbonyl (C=O) groups excluding carboxylic acids is 1. The van der Waals surface area contributed by atoms with Crippen molar-refractivity contribution in [3.8, 4) is 22.6 Å². The molecule has 4 aromatic rings. The molecule has 194 valence electrons. The van der Waals surface area contributed by atoms with Crippen molar-refractivity contribution in [2.75, 3.05) is 7.11 Å². The van der Waals surface area contributed by atoms with Gasteiger partial charge in [0.2, 0.25) is 0 Å². The van der Waals surface area contributed by atoms with Crippen molar-refractivity contribution in [3.05, 3.63) is 83.2 Å². The maximum absolute atomic E-state index is 13.9. The first-order valence-corrected chi connectivity index (χ1v) is 10.7. The van der Waals surface area contributed by atoms with Crippen molar-refractivity contribution >= 4 is 11.4 Å². The molecule has 0 spiro atoms. The molecular formula is C25H19F6N3O3. The van der Waals surface area contributed by atoms with Gasteiger partial charge in [0.1, 0.15) is 11.5 Å². The van der Waals surface area contributed by atoms with E-state index in [4.69, 9.17) is 4.74 Å². The van der Waals surface area contributed by atoms with Crippen LogP contribution in [-0.2, 0) is 12.7 Å². The topological polar surface area (TPSA) is 64.9 Å². The minimum Gasteiger partial charge on any atom is -0.497 e. The second-order valence-electron chi connectivity index (χ2n) is 7.98. The van der Waals surface area contributed by atoms with Crippen LogP contribution in [0.1, 0.15) is 27.2 Å². The van der Waals surface area contributed by atoms with Gasteiger partial charge in [0.15, 0.2) is 0 Å². The third-order valence-corrected chi connectivity index (χ3v) is 5.52. The molecule has 0 saturated carbocycles. The third-order valence-electron chi connectivity index (χ3n) is 5.52. The fraction of sp³-hybridized carbons (Fsp3) is 0.200. The SMILES string of the molecule is COc1ccn2nc(C)c(C(=O)NCc3ccc(-c4ccc(OC(F)(F)F)cc4)cc3C(F)(F)F)c2c1. The molecule has 37 heavy (non-hydrogen) atoms. The number of pyridine rings is 1. The summed E-state index contributed by atoms with van der Waals surface area (Å²) in [5.41, 5.74) is 0.226. The Morgan fingerprint density at radius 2 is 1.62 bits per heavy atom. The summed E-state index contributed by atoms with van der Waals surface area (Å²) < 4.78 is 89.1. The van der Waals surface area contributed by atoms with E-state index < -0.39 is 36.3 Å². The van der Waals surface area contributed by atoms with E-state index in [9.17, 15) is 31.1 Å².